The minimum Gasteiger partial charge on any atom is -0.550 e. The van der Waals surface area contributed by atoms with E-state index in [2.05, 4.69) is 5.32 Å². The van der Waals surface area contributed by atoms with Gasteiger partial charge in [-0.1, -0.05) is 18.2 Å². The number of thioether (sulfide) groups is 1. The average molecular weight is 279 g/mol. The van der Waals surface area contributed by atoms with Crippen LogP contribution in [-0.4, -0.2) is 33.9 Å². The first-order valence-corrected chi connectivity index (χ1v) is 6.49. The van der Waals surface area contributed by atoms with Crippen molar-refractivity contribution < 1.29 is 19.5 Å². The molecule has 1 aliphatic rings. The molecule has 0 unspecified atom stereocenters. The molecular formula is C12H11N2O4S-. The number of imide groups is 1. The number of nitrogens with zero attached hydrogens (tertiary/aromatic N) is 1. The molecule has 0 aromatic heterocycles. The molecule has 0 spiro atoms. The highest BCUT2D eigenvalue weighted by Gasteiger charge is 2.39. The third-order valence-electron chi connectivity index (χ3n) is 2.54. The number of amides is 2. The van der Waals surface area contributed by atoms with Gasteiger partial charge in [0, 0.05) is 24.6 Å². The predicted octanol–water partition coefficient (Wildman–Crippen LogP) is 0.260. The molecular weight excluding hydrogens is 268 g/mol. The Labute approximate surface area is 113 Å². The Morgan fingerprint density at radius 1 is 1.32 bits per heavy atom. The molecule has 1 saturated heterocycles. The Bertz CT molecular complexity index is 506. The zero-order valence-corrected chi connectivity index (χ0v) is 10.7. The van der Waals surface area contributed by atoms with Crippen molar-refractivity contribution in [3.8, 4) is 0 Å². The molecule has 1 aromatic carbocycles. The second-order valence-corrected chi connectivity index (χ2v) is 4.94. The van der Waals surface area contributed by atoms with Crippen molar-refractivity contribution in [2.24, 2.45) is 0 Å². The van der Waals surface area contributed by atoms with Crippen molar-refractivity contribution in [1.29, 1.82) is 0 Å². The highest BCUT2D eigenvalue weighted by Crippen LogP contribution is 2.28. The van der Waals surface area contributed by atoms with Gasteiger partial charge in [0.2, 0.25) is 0 Å². The van der Waals surface area contributed by atoms with Crippen molar-refractivity contribution >= 4 is 34.6 Å². The fourth-order valence-corrected chi connectivity index (χ4v) is 2.56. The minimum atomic E-state index is -1.29. The maximum Gasteiger partial charge on any atom is 0.290 e. The summed E-state index contributed by atoms with van der Waals surface area (Å²) in [5.41, 5.74) is 0.725. The summed E-state index contributed by atoms with van der Waals surface area (Å²) in [6.07, 6.45) is -0.351. The topological polar surface area (TPSA) is 89.5 Å². The van der Waals surface area contributed by atoms with E-state index >= 15 is 0 Å². The zero-order valence-electron chi connectivity index (χ0n) is 9.87. The van der Waals surface area contributed by atoms with Crippen molar-refractivity contribution in [3.63, 3.8) is 0 Å². The van der Waals surface area contributed by atoms with E-state index < -0.39 is 22.5 Å². The fraction of sp³-hybridized carbons (Fsp3) is 0.250. The zero-order chi connectivity index (χ0) is 13.8. The molecule has 6 nitrogen and oxygen atoms in total. The van der Waals surface area contributed by atoms with Crippen LogP contribution >= 0.6 is 11.8 Å². The van der Waals surface area contributed by atoms with E-state index in [9.17, 15) is 19.5 Å². The van der Waals surface area contributed by atoms with Gasteiger partial charge in [0.05, 0.1) is 0 Å². The number of rotatable bonds is 5. The van der Waals surface area contributed by atoms with E-state index in [1.807, 2.05) is 18.2 Å². The number of hydrogen-bond donors (Lipinski definition) is 1. The number of benzene rings is 1. The maximum absolute atomic E-state index is 11.9. The first-order valence-electron chi connectivity index (χ1n) is 5.61. The summed E-state index contributed by atoms with van der Waals surface area (Å²) in [6.45, 7) is -0.153. The van der Waals surface area contributed by atoms with E-state index in [1.165, 1.54) is 0 Å². The summed E-state index contributed by atoms with van der Waals surface area (Å²) in [5.74, 6) is -1.72. The van der Waals surface area contributed by atoms with Crippen LogP contribution in [0.15, 0.2) is 30.3 Å². The molecule has 2 rings (SSSR count). The minimum absolute atomic E-state index is 0.153. The van der Waals surface area contributed by atoms with Crippen LogP contribution in [0, 0.1) is 0 Å². The molecule has 0 radical (unpaired) electrons. The third kappa shape index (κ3) is 3.25. The van der Waals surface area contributed by atoms with Crippen molar-refractivity contribution in [1.82, 2.24) is 4.90 Å². The number of para-hydroxylation sites is 1. The Morgan fingerprint density at radius 2 is 2.00 bits per heavy atom. The lowest BCUT2D eigenvalue weighted by atomic mass is 10.3. The molecule has 1 aliphatic heterocycles. The monoisotopic (exact) mass is 279 g/mol. The molecule has 1 atom stereocenters. The summed E-state index contributed by atoms with van der Waals surface area (Å²) in [7, 11) is 0. The van der Waals surface area contributed by atoms with Gasteiger partial charge in [-0.15, -0.1) is 0 Å². The number of aliphatic carboxylic acids is 1. The van der Waals surface area contributed by atoms with Gasteiger partial charge in [-0.3, -0.25) is 14.5 Å². The summed E-state index contributed by atoms with van der Waals surface area (Å²) in [4.78, 5) is 34.8. The first kappa shape index (κ1) is 13.4. The third-order valence-corrected chi connectivity index (χ3v) is 3.52. The van der Waals surface area contributed by atoms with Crippen LogP contribution < -0.4 is 10.4 Å². The smallest absolute Gasteiger partial charge is 0.290 e. The van der Waals surface area contributed by atoms with Crippen molar-refractivity contribution in [2.75, 3.05) is 11.9 Å². The number of nitrogens with one attached hydrogen (secondary N) is 1. The molecule has 1 aromatic rings. The summed E-state index contributed by atoms with van der Waals surface area (Å²) < 4.78 is 0. The maximum atomic E-state index is 11.9. The average Bonchev–Trinajstić information content (AvgIpc) is 2.63. The van der Waals surface area contributed by atoms with Gasteiger partial charge in [-0.05, 0) is 23.9 Å². The van der Waals surface area contributed by atoms with Gasteiger partial charge >= 0.3 is 0 Å². The Kier molecular flexibility index (Phi) is 4.06. The molecule has 0 bridgehead atoms. The normalized spacial score (nSPS) is 18.7. The molecule has 1 heterocycles. The van der Waals surface area contributed by atoms with E-state index in [1.54, 1.807) is 12.1 Å². The van der Waals surface area contributed by atoms with Crippen LogP contribution in [0.2, 0.25) is 0 Å². The van der Waals surface area contributed by atoms with Gasteiger partial charge < -0.3 is 15.2 Å². The summed E-state index contributed by atoms with van der Waals surface area (Å²) >= 11 is 0.841. The van der Waals surface area contributed by atoms with Gasteiger partial charge in [0.25, 0.3) is 11.1 Å². The summed E-state index contributed by atoms with van der Waals surface area (Å²) in [5, 5.41) is 12.1. The highest BCUT2D eigenvalue weighted by molar-refractivity contribution is 8.15. The van der Waals surface area contributed by atoms with E-state index in [4.69, 9.17) is 0 Å². The second-order valence-electron chi connectivity index (χ2n) is 3.89. The number of carbonyl (C=O) groups is 3. The molecule has 7 heteroatoms. The van der Waals surface area contributed by atoms with Crippen LogP contribution in [0.25, 0.3) is 0 Å². The predicted molar refractivity (Wildman–Crippen MR) is 68.2 cm³/mol. The SMILES string of the molecule is O=C([O-])CCN1C(=O)S[C@@H](Nc2ccccc2)C1=O. The number of carboxylic acid groups (broad SMARTS) is 1. The van der Waals surface area contributed by atoms with E-state index in [0.29, 0.717) is 0 Å². The number of carboxylic acids is 1. The number of carbonyl (C=O) groups excluding carboxylic acids is 3. The molecule has 100 valence electrons. The van der Waals surface area contributed by atoms with Gasteiger partial charge in [-0.25, -0.2) is 0 Å². The highest BCUT2D eigenvalue weighted by atomic mass is 32.2. The summed E-state index contributed by atoms with van der Waals surface area (Å²) in [6, 6.07) is 9.01. The van der Waals surface area contributed by atoms with Crippen LogP contribution in [0.1, 0.15) is 6.42 Å². The molecule has 1 fully saturated rings. The van der Waals surface area contributed by atoms with Crippen LogP contribution in [-0.2, 0) is 9.59 Å². The molecule has 2 amide bonds. The van der Waals surface area contributed by atoms with Gasteiger partial charge in [0.1, 0.15) is 0 Å². The molecule has 0 aliphatic carbocycles. The van der Waals surface area contributed by atoms with E-state index in [-0.39, 0.29) is 13.0 Å². The van der Waals surface area contributed by atoms with Crippen molar-refractivity contribution in [2.45, 2.75) is 11.8 Å². The second kappa shape index (κ2) is 5.75. The number of anilines is 1. The Morgan fingerprint density at radius 3 is 2.63 bits per heavy atom. The molecule has 19 heavy (non-hydrogen) atoms. The number of hydrogen-bond acceptors (Lipinski definition) is 6. The molecule has 1 N–H and O–H groups in total. The lowest BCUT2D eigenvalue weighted by Crippen LogP contribution is -2.37. The van der Waals surface area contributed by atoms with Crippen LogP contribution in [0.4, 0.5) is 10.5 Å². The van der Waals surface area contributed by atoms with Crippen LogP contribution in [0.5, 0.6) is 0 Å². The lowest BCUT2D eigenvalue weighted by Gasteiger charge is -2.14. The van der Waals surface area contributed by atoms with Gasteiger partial charge in [-0.2, -0.15) is 0 Å². The lowest BCUT2D eigenvalue weighted by molar-refractivity contribution is -0.305. The standard InChI is InChI=1S/C12H12N2O4S/c15-9(16)6-7-14-11(17)10(19-12(14)18)13-8-4-2-1-3-5-8/h1-5,10,13H,6-7H2,(H,15,16)/p-1/t10-/m1/s1. The largest absolute Gasteiger partial charge is 0.550 e. The first-order chi connectivity index (χ1) is 9.08. The van der Waals surface area contributed by atoms with Crippen LogP contribution in [0.3, 0.4) is 0 Å². The van der Waals surface area contributed by atoms with Gasteiger partial charge in [0.15, 0.2) is 5.37 Å². The fourth-order valence-electron chi connectivity index (χ4n) is 1.63. The van der Waals surface area contributed by atoms with E-state index in [0.717, 1.165) is 22.3 Å². The quantitative estimate of drug-likeness (QED) is 0.831. The Hall–Kier alpha value is -2.02. The van der Waals surface area contributed by atoms with Crippen molar-refractivity contribution in [3.05, 3.63) is 30.3 Å². The Balaban J connectivity index is 1.99. The molecule has 0 saturated carbocycles.